The number of para-hydroxylation sites is 1. The minimum atomic E-state index is -0.461. The van der Waals surface area contributed by atoms with E-state index in [4.69, 9.17) is 15.9 Å². The molecule has 8 heteroatoms. The van der Waals surface area contributed by atoms with Gasteiger partial charge in [0.15, 0.2) is 0 Å². The number of amides is 2. The van der Waals surface area contributed by atoms with Gasteiger partial charge in [0.2, 0.25) is 5.91 Å². The number of rotatable bonds is 5. The molecule has 0 atom stereocenters. The first-order valence-electron chi connectivity index (χ1n) is 12.1. The van der Waals surface area contributed by atoms with E-state index >= 15 is 0 Å². The van der Waals surface area contributed by atoms with Crippen molar-refractivity contribution < 1.29 is 14.3 Å². The van der Waals surface area contributed by atoms with E-state index in [0.29, 0.717) is 60.4 Å². The predicted octanol–water partition coefficient (Wildman–Crippen LogP) is 3.85. The van der Waals surface area contributed by atoms with Crippen molar-refractivity contribution in [2.75, 3.05) is 31.6 Å². The number of fused-ring (bicyclic) bond motifs is 1. The number of aromatic nitrogens is 1. The molecule has 3 aromatic rings. The van der Waals surface area contributed by atoms with Gasteiger partial charge in [0.25, 0.3) is 5.91 Å². The van der Waals surface area contributed by atoms with Gasteiger partial charge in [0, 0.05) is 66.5 Å². The number of nitrogens with one attached hydrogen (secondary N) is 1. The maximum absolute atomic E-state index is 13.6. The molecule has 184 valence electrons. The Hall–Kier alpha value is -4.20. The molecule has 2 aromatic carbocycles. The molecular formula is C28H29N5O3. The summed E-state index contributed by atoms with van der Waals surface area (Å²) in [6.07, 6.45) is 6.27. The molecule has 3 heterocycles. The summed E-state index contributed by atoms with van der Waals surface area (Å²) in [6.45, 7) is 1.69. The van der Waals surface area contributed by atoms with Gasteiger partial charge in [-0.05, 0) is 43.5 Å². The molecule has 2 amide bonds. The smallest absolute Gasteiger partial charge is 0.256 e. The number of likely N-dealkylation sites (tertiary alicyclic amines) is 1. The number of hydrogen-bond donors (Lipinski definition) is 2. The molecule has 2 saturated heterocycles. The fourth-order valence-corrected chi connectivity index (χ4v) is 5.42. The number of carbonyl (C=O) groups is 2. The van der Waals surface area contributed by atoms with Crippen molar-refractivity contribution in [3.63, 3.8) is 0 Å². The number of anilines is 1. The molecule has 36 heavy (non-hydrogen) atoms. The fraction of sp³-hybridized carbons (Fsp3) is 0.286. The van der Waals surface area contributed by atoms with E-state index in [2.05, 4.69) is 4.98 Å². The molecule has 2 fully saturated rings. The second-order valence-electron chi connectivity index (χ2n) is 9.31. The van der Waals surface area contributed by atoms with Gasteiger partial charge in [-0.15, -0.1) is 0 Å². The van der Waals surface area contributed by atoms with Crippen molar-refractivity contribution in [3.05, 3.63) is 72.1 Å². The first kappa shape index (κ1) is 23.5. The zero-order chi connectivity index (χ0) is 25.3. The topological polar surface area (TPSA) is 113 Å². The molecule has 3 N–H and O–H groups in total. The molecule has 5 rings (SSSR count). The van der Waals surface area contributed by atoms with E-state index in [-0.39, 0.29) is 11.8 Å². The van der Waals surface area contributed by atoms with Crippen LogP contribution in [0.4, 0.5) is 5.69 Å². The molecule has 0 aliphatic carbocycles. The summed E-state index contributed by atoms with van der Waals surface area (Å²) < 4.78 is 5.53. The molecule has 1 aromatic heterocycles. The highest BCUT2D eigenvalue weighted by molar-refractivity contribution is 6.10. The molecule has 0 unspecified atom stereocenters. The third-order valence-electron chi connectivity index (χ3n) is 7.53. The minimum Gasteiger partial charge on any atom is -0.496 e. The second-order valence-corrected chi connectivity index (χ2v) is 9.31. The Bertz CT molecular complexity index is 1370. The maximum Gasteiger partial charge on any atom is 0.256 e. The number of carbonyl (C=O) groups excluding carboxylic acids is 2. The van der Waals surface area contributed by atoms with E-state index in [0.717, 1.165) is 17.5 Å². The number of piperidine rings is 1. The standard InChI is InChI=1S/C28H29N5O3/c1-36-24-16-21(7-8-22(24)20(17-29)18-30)33-15-11-28(27(33)35)9-13-32(14-10-28)26(34)23-6-2-4-19-5-3-12-31-25(19)23/h2-8,12,16-18,29H,9-11,13-15,30H2,1H3/b20-18+,29-17?. The van der Waals surface area contributed by atoms with Crippen LogP contribution in [0.25, 0.3) is 16.5 Å². The molecule has 1 spiro atoms. The third-order valence-corrected chi connectivity index (χ3v) is 7.53. The molecular weight excluding hydrogens is 454 g/mol. The van der Waals surface area contributed by atoms with Gasteiger partial charge in [-0.2, -0.15) is 0 Å². The van der Waals surface area contributed by atoms with Crippen LogP contribution >= 0.6 is 0 Å². The van der Waals surface area contributed by atoms with Crippen LogP contribution in [-0.2, 0) is 4.79 Å². The summed E-state index contributed by atoms with van der Waals surface area (Å²) in [4.78, 5) is 35.1. The highest BCUT2D eigenvalue weighted by Crippen LogP contribution is 2.44. The van der Waals surface area contributed by atoms with Gasteiger partial charge in [0.05, 0.1) is 23.6 Å². The molecule has 0 bridgehead atoms. The predicted molar refractivity (Wildman–Crippen MR) is 140 cm³/mol. The van der Waals surface area contributed by atoms with Crippen LogP contribution in [0, 0.1) is 10.8 Å². The lowest BCUT2D eigenvalue weighted by atomic mass is 9.77. The van der Waals surface area contributed by atoms with Crippen LogP contribution in [0.3, 0.4) is 0 Å². The van der Waals surface area contributed by atoms with Crippen LogP contribution in [0.5, 0.6) is 5.75 Å². The van der Waals surface area contributed by atoms with Crippen molar-refractivity contribution in [1.29, 1.82) is 5.41 Å². The lowest BCUT2D eigenvalue weighted by Crippen LogP contribution is -2.46. The van der Waals surface area contributed by atoms with E-state index in [1.165, 1.54) is 12.4 Å². The van der Waals surface area contributed by atoms with Crippen molar-refractivity contribution in [3.8, 4) is 5.75 Å². The van der Waals surface area contributed by atoms with Gasteiger partial charge >= 0.3 is 0 Å². The van der Waals surface area contributed by atoms with Gasteiger partial charge in [-0.25, -0.2) is 0 Å². The quantitative estimate of drug-likeness (QED) is 0.535. The summed E-state index contributed by atoms with van der Waals surface area (Å²) in [5.41, 5.74) is 8.51. The SMILES string of the molecule is COc1cc(N2CCC3(CCN(C(=O)c4cccc5cccnc45)CC3)C2=O)ccc1/C(C=N)=C/N. The van der Waals surface area contributed by atoms with E-state index in [1.807, 2.05) is 58.3 Å². The summed E-state index contributed by atoms with van der Waals surface area (Å²) in [6, 6.07) is 15.0. The third kappa shape index (κ3) is 3.88. The molecule has 2 aliphatic heterocycles. The average molecular weight is 484 g/mol. The lowest BCUT2D eigenvalue weighted by molar-refractivity contribution is -0.127. The highest BCUT2D eigenvalue weighted by Gasteiger charge is 2.49. The Morgan fingerprint density at radius 1 is 1.08 bits per heavy atom. The summed E-state index contributed by atoms with van der Waals surface area (Å²) in [5, 5.41) is 8.51. The Balaban J connectivity index is 1.32. The first-order valence-corrected chi connectivity index (χ1v) is 12.1. The van der Waals surface area contributed by atoms with Crippen LogP contribution in [0.2, 0.25) is 0 Å². The summed E-state index contributed by atoms with van der Waals surface area (Å²) in [5.74, 6) is 0.621. The zero-order valence-electron chi connectivity index (χ0n) is 20.2. The summed E-state index contributed by atoms with van der Waals surface area (Å²) >= 11 is 0. The first-order chi connectivity index (χ1) is 17.5. The number of benzene rings is 2. The number of pyridine rings is 1. The number of ether oxygens (including phenoxy) is 1. The van der Waals surface area contributed by atoms with Crippen molar-refractivity contribution in [2.24, 2.45) is 11.1 Å². The Morgan fingerprint density at radius 3 is 2.56 bits per heavy atom. The monoisotopic (exact) mass is 483 g/mol. The van der Waals surface area contributed by atoms with Crippen molar-refractivity contribution >= 4 is 40.2 Å². The minimum absolute atomic E-state index is 0.0354. The van der Waals surface area contributed by atoms with Crippen LogP contribution in [0.15, 0.2) is 60.9 Å². The lowest BCUT2D eigenvalue weighted by Gasteiger charge is -2.38. The van der Waals surface area contributed by atoms with Crippen LogP contribution in [-0.4, -0.2) is 54.7 Å². The zero-order valence-corrected chi connectivity index (χ0v) is 20.2. The van der Waals surface area contributed by atoms with E-state index < -0.39 is 5.41 Å². The molecule has 0 saturated carbocycles. The van der Waals surface area contributed by atoms with Crippen molar-refractivity contribution in [2.45, 2.75) is 19.3 Å². The van der Waals surface area contributed by atoms with Gasteiger partial charge in [-0.3, -0.25) is 14.6 Å². The Kier molecular flexibility index (Phi) is 6.18. The van der Waals surface area contributed by atoms with Crippen LogP contribution in [0.1, 0.15) is 35.2 Å². The van der Waals surface area contributed by atoms with E-state index in [1.54, 1.807) is 13.3 Å². The maximum atomic E-state index is 13.6. The number of nitrogens with two attached hydrogens (primary N) is 1. The molecule has 0 radical (unpaired) electrons. The Morgan fingerprint density at radius 2 is 1.83 bits per heavy atom. The Labute approximate surface area is 209 Å². The van der Waals surface area contributed by atoms with Crippen molar-refractivity contribution in [1.82, 2.24) is 9.88 Å². The normalized spacial score (nSPS) is 17.6. The largest absolute Gasteiger partial charge is 0.496 e. The van der Waals surface area contributed by atoms with Gasteiger partial charge < -0.3 is 25.7 Å². The number of nitrogens with zero attached hydrogens (tertiary/aromatic N) is 3. The number of allylic oxidation sites excluding steroid dienone is 1. The van der Waals surface area contributed by atoms with Crippen LogP contribution < -0.4 is 15.4 Å². The van der Waals surface area contributed by atoms with E-state index in [9.17, 15) is 9.59 Å². The van der Waals surface area contributed by atoms with Gasteiger partial charge in [-0.1, -0.05) is 18.2 Å². The molecule has 2 aliphatic rings. The molecule has 8 nitrogen and oxygen atoms in total. The van der Waals surface area contributed by atoms with Gasteiger partial charge in [0.1, 0.15) is 5.75 Å². The second kappa shape index (κ2) is 9.45. The fourth-order valence-electron chi connectivity index (χ4n) is 5.42. The average Bonchev–Trinajstić information content (AvgIpc) is 3.24. The number of methoxy groups -OCH3 is 1. The number of hydrogen-bond acceptors (Lipinski definition) is 6. The summed E-state index contributed by atoms with van der Waals surface area (Å²) in [7, 11) is 1.56. The highest BCUT2D eigenvalue weighted by atomic mass is 16.5.